The van der Waals surface area contributed by atoms with Gasteiger partial charge in [-0.3, -0.25) is 0 Å². The predicted octanol–water partition coefficient (Wildman–Crippen LogP) is 2.35. The van der Waals surface area contributed by atoms with E-state index in [9.17, 15) is 4.79 Å². The summed E-state index contributed by atoms with van der Waals surface area (Å²) < 4.78 is 10.1. The second-order valence-corrected chi connectivity index (χ2v) is 3.95. The van der Waals surface area contributed by atoms with Crippen molar-refractivity contribution in [2.75, 3.05) is 19.5 Å². The van der Waals surface area contributed by atoms with E-state index in [1.807, 2.05) is 6.07 Å². The Labute approximate surface area is 111 Å². The molecule has 0 saturated carbocycles. The summed E-state index contributed by atoms with van der Waals surface area (Å²) in [5.41, 5.74) is 0.608. The average molecular weight is 261 g/mol. The Hall–Kier alpha value is -2.50. The second-order valence-electron chi connectivity index (χ2n) is 3.95. The molecule has 0 aliphatic rings. The normalized spacial score (nSPS) is 10.0. The zero-order valence-electron chi connectivity index (χ0n) is 10.8. The molecule has 2 rings (SSSR count). The Morgan fingerprint density at radius 3 is 2.89 bits per heavy atom. The number of nitrogens with zero attached hydrogens (tertiary/aromatic N) is 2. The van der Waals surface area contributed by atoms with Crippen LogP contribution >= 0.6 is 0 Å². The lowest BCUT2D eigenvalue weighted by Crippen LogP contribution is -2.30. The van der Waals surface area contributed by atoms with Gasteiger partial charge < -0.3 is 19.4 Å². The van der Waals surface area contributed by atoms with Crippen LogP contribution in [0.2, 0.25) is 0 Å². The number of rotatable bonds is 4. The van der Waals surface area contributed by atoms with E-state index in [0.717, 1.165) is 5.76 Å². The van der Waals surface area contributed by atoms with E-state index in [1.165, 1.54) is 18.2 Å². The van der Waals surface area contributed by atoms with Gasteiger partial charge in [0.05, 0.1) is 31.8 Å². The third kappa shape index (κ3) is 3.48. The molecular weight excluding hydrogens is 246 g/mol. The predicted molar refractivity (Wildman–Crippen MR) is 70.0 cm³/mol. The lowest BCUT2D eigenvalue weighted by atomic mass is 10.4. The Balaban J connectivity index is 1.92. The number of nitrogens with one attached hydrogen (secondary N) is 1. The number of anilines is 1. The highest BCUT2D eigenvalue weighted by atomic mass is 16.5. The number of pyridine rings is 1. The SMILES string of the molecule is COc1ccc(NC(=O)N(C)Cc2ccco2)cn1. The van der Waals surface area contributed by atoms with Gasteiger partial charge in [0.1, 0.15) is 5.76 Å². The van der Waals surface area contributed by atoms with Crippen LogP contribution in [0.1, 0.15) is 5.76 Å². The molecule has 2 heterocycles. The minimum absolute atomic E-state index is 0.233. The van der Waals surface area contributed by atoms with Crippen LogP contribution in [0, 0.1) is 0 Å². The summed E-state index contributed by atoms with van der Waals surface area (Å²) in [6.07, 6.45) is 3.12. The Bertz CT molecular complexity index is 523. The quantitative estimate of drug-likeness (QED) is 0.917. The van der Waals surface area contributed by atoms with Gasteiger partial charge in [0.2, 0.25) is 5.88 Å². The smallest absolute Gasteiger partial charge is 0.322 e. The van der Waals surface area contributed by atoms with Crippen molar-refractivity contribution in [1.29, 1.82) is 0 Å². The lowest BCUT2D eigenvalue weighted by molar-refractivity contribution is 0.217. The summed E-state index contributed by atoms with van der Waals surface area (Å²) >= 11 is 0. The van der Waals surface area contributed by atoms with Crippen molar-refractivity contribution in [2.24, 2.45) is 0 Å². The van der Waals surface area contributed by atoms with Gasteiger partial charge in [-0.25, -0.2) is 9.78 Å². The number of carbonyl (C=O) groups excluding carboxylic acids is 1. The lowest BCUT2D eigenvalue weighted by Gasteiger charge is -2.16. The van der Waals surface area contributed by atoms with Gasteiger partial charge in [0, 0.05) is 13.1 Å². The highest BCUT2D eigenvalue weighted by Crippen LogP contribution is 2.12. The van der Waals surface area contributed by atoms with Gasteiger partial charge in [-0.15, -0.1) is 0 Å². The molecule has 0 aliphatic heterocycles. The van der Waals surface area contributed by atoms with E-state index in [0.29, 0.717) is 18.1 Å². The highest BCUT2D eigenvalue weighted by molar-refractivity contribution is 5.88. The minimum Gasteiger partial charge on any atom is -0.481 e. The van der Waals surface area contributed by atoms with Gasteiger partial charge in [-0.05, 0) is 18.2 Å². The van der Waals surface area contributed by atoms with Crippen molar-refractivity contribution in [1.82, 2.24) is 9.88 Å². The summed E-state index contributed by atoms with van der Waals surface area (Å²) in [5.74, 6) is 1.23. The molecule has 2 aromatic rings. The molecule has 0 saturated heterocycles. The molecule has 0 spiro atoms. The van der Waals surface area contributed by atoms with Crippen LogP contribution < -0.4 is 10.1 Å². The first kappa shape index (κ1) is 12.9. The first-order chi connectivity index (χ1) is 9.19. The van der Waals surface area contributed by atoms with Crippen LogP contribution in [0.4, 0.5) is 10.5 Å². The van der Waals surface area contributed by atoms with Crippen LogP contribution in [0.5, 0.6) is 5.88 Å². The summed E-state index contributed by atoms with van der Waals surface area (Å²) in [4.78, 5) is 17.4. The molecule has 19 heavy (non-hydrogen) atoms. The van der Waals surface area contributed by atoms with Crippen LogP contribution in [-0.2, 0) is 6.54 Å². The first-order valence-electron chi connectivity index (χ1n) is 5.73. The number of aromatic nitrogens is 1. The van der Waals surface area contributed by atoms with Crippen molar-refractivity contribution >= 4 is 11.7 Å². The zero-order valence-corrected chi connectivity index (χ0v) is 10.8. The number of furan rings is 1. The van der Waals surface area contributed by atoms with E-state index in [2.05, 4.69) is 10.3 Å². The molecule has 6 nitrogen and oxygen atoms in total. The minimum atomic E-state index is -0.233. The highest BCUT2D eigenvalue weighted by Gasteiger charge is 2.10. The molecule has 0 radical (unpaired) electrons. The maximum atomic E-state index is 11.9. The number of amides is 2. The first-order valence-corrected chi connectivity index (χ1v) is 5.73. The van der Waals surface area contributed by atoms with Crippen LogP contribution in [0.3, 0.4) is 0 Å². The summed E-state index contributed by atoms with van der Waals surface area (Å²) in [6, 6.07) is 6.78. The Morgan fingerprint density at radius 2 is 2.32 bits per heavy atom. The van der Waals surface area contributed by atoms with Gasteiger partial charge in [0.25, 0.3) is 0 Å². The largest absolute Gasteiger partial charge is 0.481 e. The van der Waals surface area contributed by atoms with E-state index in [-0.39, 0.29) is 6.03 Å². The molecule has 0 atom stereocenters. The fourth-order valence-electron chi connectivity index (χ4n) is 1.50. The van der Waals surface area contributed by atoms with Crippen LogP contribution in [0.15, 0.2) is 41.1 Å². The van der Waals surface area contributed by atoms with Crippen molar-refractivity contribution in [3.05, 3.63) is 42.5 Å². The number of urea groups is 1. The molecule has 0 bridgehead atoms. The molecule has 0 aliphatic carbocycles. The van der Waals surface area contributed by atoms with E-state index in [1.54, 1.807) is 31.5 Å². The summed E-state index contributed by atoms with van der Waals surface area (Å²) in [5, 5.41) is 2.73. The van der Waals surface area contributed by atoms with Gasteiger partial charge >= 0.3 is 6.03 Å². The monoisotopic (exact) mass is 261 g/mol. The molecular formula is C13H15N3O3. The van der Waals surface area contributed by atoms with E-state index in [4.69, 9.17) is 9.15 Å². The Kier molecular flexibility index (Phi) is 4.02. The maximum Gasteiger partial charge on any atom is 0.322 e. The molecule has 2 aromatic heterocycles. The van der Waals surface area contributed by atoms with Crippen LogP contribution in [-0.4, -0.2) is 30.1 Å². The number of carbonyl (C=O) groups is 1. The van der Waals surface area contributed by atoms with Gasteiger partial charge in [-0.2, -0.15) is 0 Å². The van der Waals surface area contributed by atoms with Gasteiger partial charge in [0.15, 0.2) is 0 Å². The third-order valence-corrected chi connectivity index (χ3v) is 2.52. The second kappa shape index (κ2) is 5.90. The maximum absolute atomic E-state index is 11.9. The van der Waals surface area contributed by atoms with Crippen LogP contribution in [0.25, 0.3) is 0 Å². The van der Waals surface area contributed by atoms with Crippen molar-refractivity contribution in [2.45, 2.75) is 6.54 Å². The van der Waals surface area contributed by atoms with E-state index >= 15 is 0 Å². The fourth-order valence-corrected chi connectivity index (χ4v) is 1.50. The topological polar surface area (TPSA) is 67.6 Å². The number of methoxy groups -OCH3 is 1. The number of hydrogen-bond donors (Lipinski definition) is 1. The molecule has 2 amide bonds. The molecule has 0 aromatic carbocycles. The zero-order chi connectivity index (χ0) is 13.7. The molecule has 0 fully saturated rings. The van der Waals surface area contributed by atoms with Crippen molar-refractivity contribution < 1.29 is 13.9 Å². The van der Waals surface area contributed by atoms with Crippen molar-refractivity contribution in [3.63, 3.8) is 0 Å². The third-order valence-electron chi connectivity index (χ3n) is 2.52. The number of ether oxygens (including phenoxy) is 1. The molecule has 0 unspecified atom stereocenters. The average Bonchev–Trinajstić information content (AvgIpc) is 2.92. The summed E-state index contributed by atoms with van der Waals surface area (Å²) in [6.45, 7) is 0.405. The van der Waals surface area contributed by atoms with Crippen molar-refractivity contribution in [3.8, 4) is 5.88 Å². The van der Waals surface area contributed by atoms with Gasteiger partial charge in [-0.1, -0.05) is 0 Å². The Morgan fingerprint density at radius 1 is 1.47 bits per heavy atom. The summed E-state index contributed by atoms with van der Waals surface area (Å²) in [7, 11) is 3.23. The molecule has 100 valence electrons. The standard InChI is InChI=1S/C13H15N3O3/c1-16(9-11-4-3-7-19-11)13(17)15-10-5-6-12(18-2)14-8-10/h3-8H,9H2,1-2H3,(H,15,17). The molecule has 1 N–H and O–H groups in total. The fraction of sp³-hybridized carbons (Fsp3) is 0.231. The van der Waals surface area contributed by atoms with E-state index < -0.39 is 0 Å². The molecule has 6 heteroatoms. The number of hydrogen-bond acceptors (Lipinski definition) is 4.